The summed E-state index contributed by atoms with van der Waals surface area (Å²) in [6.07, 6.45) is 6.34. The second-order valence-corrected chi connectivity index (χ2v) is 4.86. The first-order valence-electron chi connectivity index (χ1n) is 6.90. The number of rotatable bonds is 4. The number of hydrogen-bond acceptors (Lipinski definition) is 4. The average Bonchev–Trinajstić information content (AvgIpc) is 3.10. The predicted molar refractivity (Wildman–Crippen MR) is 81.5 cm³/mol. The van der Waals surface area contributed by atoms with Crippen molar-refractivity contribution < 1.29 is 4.79 Å². The van der Waals surface area contributed by atoms with Gasteiger partial charge in [0.15, 0.2) is 0 Å². The maximum Gasteiger partial charge on any atom is 0.251 e. The summed E-state index contributed by atoms with van der Waals surface area (Å²) in [7, 11) is 0. The van der Waals surface area contributed by atoms with E-state index in [0.29, 0.717) is 5.56 Å². The van der Waals surface area contributed by atoms with E-state index in [1.54, 1.807) is 35.5 Å². The molecule has 2 aromatic heterocycles. The summed E-state index contributed by atoms with van der Waals surface area (Å²) < 4.78 is 1.68. The van der Waals surface area contributed by atoms with Gasteiger partial charge >= 0.3 is 0 Å². The molecule has 1 N–H and O–H groups in total. The van der Waals surface area contributed by atoms with Crippen molar-refractivity contribution in [3.8, 4) is 5.69 Å². The van der Waals surface area contributed by atoms with Gasteiger partial charge in [-0.25, -0.2) is 9.67 Å². The van der Waals surface area contributed by atoms with Gasteiger partial charge in [0.05, 0.1) is 11.7 Å². The van der Waals surface area contributed by atoms with Crippen molar-refractivity contribution in [2.75, 3.05) is 0 Å². The normalized spacial score (nSPS) is 11.9. The van der Waals surface area contributed by atoms with Gasteiger partial charge in [-0.15, -0.1) is 0 Å². The van der Waals surface area contributed by atoms with Crippen LogP contribution >= 0.6 is 0 Å². The second-order valence-electron chi connectivity index (χ2n) is 4.86. The molecule has 1 unspecified atom stereocenters. The number of aromatic nitrogens is 4. The zero-order valence-corrected chi connectivity index (χ0v) is 12.0. The number of nitrogens with one attached hydrogen (secondary N) is 1. The fraction of sp³-hybridized carbons (Fsp3) is 0.125. The zero-order valence-electron chi connectivity index (χ0n) is 12.0. The minimum absolute atomic E-state index is 0.0922. The molecule has 0 aliphatic heterocycles. The second kappa shape index (κ2) is 6.17. The fourth-order valence-corrected chi connectivity index (χ4v) is 2.12. The van der Waals surface area contributed by atoms with Gasteiger partial charge in [0, 0.05) is 18.0 Å². The summed E-state index contributed by atoms with van der Waals surface area (Å²) in [5, 5.41) is 7.04. The molecule has 0 aliphatic rings. The molecule has 2 heterocycles. The van der Waals surface area contributed by atoms with Crippen LogP contribution in [0.3, 0.4) is 0 Å². The van der Waals surface area contributed by atoms with E-state index in [2.05, 4.69) is 20.4 Å². The number of nitrogens with zero attached hydrogens (tertiary/aromatic N) is 4. The number of hydrogen-bond donors (Lipinski definition) is 1. The Kier molecular flexibility index (Phi) is 3.91. The van der Waals surface area contributed by atoms with E-state index >= 15 is 0 Å². The van der Waals surface area contributed by atoms with E-state index in [1.807, 2.05) is 31.2 Å². The first-order valence-corrected chi connectivity index (χ1v) is 6.90. The molecule has 0 aliphatic carbocycles. The number of carbonyl (C=O) groups excluding carboxylic acids is 1. The quantitative estimate of drug-likeness (QED) is 0.800. The van der Waals surface area contributed by atoms with Gasteiger partial charge < -0.3 is 5.32 Å². The Hall–Kier alpha value is -3.02. The predicted octanol–water partition coefficient (Wildman–Crippen LogP) is 2.15. The summed E-state index contributed by atoms with van der Waals surface area (Å²) >= 11 is 0. The molecule has 0 spiro atoms. The Morgan fingerprint density at radius 3 is 2.45 bits per heavy atom. The average molecular weight is 293 g/mol. The van der Waals surface area contributed by atoms with Crippen LogP contribution in [0.25, 0.3) is 5.69 Å². The molecule has 6 heteroatoms. The monoisotopic (exact) mass is 293 g/mol. The highest BCUT2D eigenvalue weighted by atomic mass is 16.1. The van der Waals surface area contributed by atoms with Crippen LogP contribution in [0.1, 0.15) is 28.9 Å². The molecule has 0 fully saturated rings. The fourth-order valence-electron chi connectivity index (χ4n) is 2.12. The molecule has 3 rings (SSSR count). The van der Waals surface area contributed by atoms with Crippen molar-refractivity contribution in [2.24, 2.45) is 0 Å². The van der Waals surface area contributed by atoms with Crippen molar-refractivity contribution in [1.82, 2.24) is 25.1 Å². The number of pyridine rings is 1. The van der Waals surface area contributed by atoms with Crippen molar-refractivity contribution in [3.05, 3.63) is 72.6 Å². The van der Waals surface area contributed by atoms with Crippen LogP contribution in [0.5, 0.6) is 0 Å². The lowest BCUT2D eigenvalue weighted by molar-refractivity contribution is 0.0940. The standard InChI is InChI=1S/C16H15N5O/c1-12(20-16(22)14-6-8-17-9-7-14)13-2-4-15(5-3-13)21-11-18-10-19-21/h2-12H,1H3,(H,20,22). The van der Waals surface area contributed by atoms with E-state index in [-0.39, 0.29) is 11.9 Å². The van der Waals surface area contributed by atoms with Crippen molar-refractivity contribution in [3.63, 3.8) is 0 Å². The molecule has 6 nitrogen and oxygen atoms in total. The molecule has 1 amide bonds. The number of carbonyl (C=O) groups is 1. The van der Waals surface area contributed by atoms with Gasteiger partial charge in [-0.3, -0.25) is 9.78 Å². The topological polar surface area (TPSA) is 72.7 Å². The molecular formula is C16H15N5O. The summed E-state index contributed by atoms with van der Waals surface area (Å²) in [4.78, 5) is 19.9. The molecule has 0 saturated carbocycles. The summed E-state index contributed by atoms with van der Waals surface area (Å²) in [6.45, 7) is 1.95. The molecule has 3 aromatic rings. The molecule has 0 saturated heterocycles. The lowest BCUT2D eigenvalue weighted by atomic mass is 10.1. The molecule has 22 heavy (non-hydrogen) atoms. The molecular weight excluding hydrogens is 278 g/mol. The highest BCUT2D eigenvalue weighted by Crippen LogP contribution is 2.15. The van der Waals surface area contributed by atoms with Crippen LogP contribution < -0.4 is 5.32 Å². The van der Waals surface area contributed by atoms with Gasteiger partial charge in [0.2, 0.25) is 0 Å². The third-order valence-corrected chi connectivity index (χ3v) is 3.37. The van der Waals surface area contributed by atoms with E-state index in [1.165, 1.54) is 6.33 Å². The largest absolute Gasteiger partial charge is 0.346 e. The van der Waals surface area contributed by atoms with Crippen molar-refractivity contribution in [2.45, 2.75) is 13.0 Å². The van der Waals surface area contributed by atoms with E-state index in [0.717, 1.165) is 11.3 Å². The lowest BCUT2D eigenvalue weighted by Gasteiger charge is -2.15. The van der Waals surface area contributed by atoms with Crippen LogP contribution in [0.4, 0.5) is 0 Å². The summed E-state index contributed by atoms with van der Waals surface area (Å²) in [5.41, 5.74) is 2.54. The maximum atomic E-state index is 12.1. The number of amides is 1. The first-order chi connectivity index (χ1) is 10.7. The van der Waals surface area contributed by atoms with Crippen LogP contribution in [-0.2, 0) is 0 Å². The molecule has 1 atom stereocenters. The molecule has 0 radical (unpaired) electrons. The van der Waals surface area contributed by atoms with Crippen LogP contribution in [0, 0.1) is 0 Å². The number of benzene rings is 1. The van der Waals surface area contributed by atoms with Crippen LogP contribution in [-0.4, -0.2) is 25.7 Å². The SMILES string of the molecule is CC(NC(=O)c1ccncc1)c1ccc(-n2cncn2)cc1. The minimum Gasteiger partial charge on any atom is -0.346 e. The van der Waals surface area contributed by atoms with Crippen LogP contribution in [0.2, 0.25) is 0 Å². The Morgan fingerprint density at radius 2 is 1.82 bits per heavy atom. The van der Waals surface area contributed by atoms with E-state index in [4.69, 9.17) is 0 Å². The Bertz CT molecular complexity index is 738. The third kappa shape index (κ3) is 3.01. The molecule has 0 bridgehead atoms. The molecule has 1 aromatic carbocycles. The first kappa shape index (κ1) is 13.9. The van der Waals surface area contributed by atoms with Crippen molar-refractivity contribution >= 4 is 5.91 Å². The highest BCUT2D eigenvalue weighted by molar-refractivity contribution is 5.94. The Balaban J connectivity index is 1.70. The van der Waals surface area contributed by atoms with Gasteiger partial charge in [0.25, 0.3) is 5.91 Å². The van der Waals surface area contributed by atoms with Gasteiger partial charge in [-0.05, 0) is 36.8 Å². The van der Waals surface area contributed by atoms with Gasteiger partial charge in [-0.2, -0.15) is 5.10 Å². The smallest absolute Gasteiger partial charge is 0.251 e. The van der Waals surface area contributed by atoms with Crippen molar-refractivity contribution in [1.29, 1.82) is 0 Å². The molecule has 110 valence electrons. The minimum atomic E-state index is -0.116. The maximum absolute atomic E-state index is 12.1. The zero-order chi connectivity index (χ0) is 15.4. The van der Waals surface area contributed by atoms with E-state index in [9.17, 15) is 4.79 Å². The van der Waals surface area contributed by atoms with Gasteiger partial charge in [0.1, 0.15) is 12.7 Å². The third-order valence-electron chi connectivity index (χ3n) is 3.37. The summed E-state index contributed by atoms with van der Waals surface area (Å²) in [6, 6.07) is 11.1. The van der Waals surface area contributed by atoms with Crippen LogP contribution in [0.15, 0.2) is 61.4 Å². The van der Waals surface area contributed by atoms with Gasteiger partial charge in [-0.1, -0.05) is 12.1 Å². The summed E-state index contributed by atoms with van der Waals surface area (Å²) in [5.74, 6) is -0.116. The Morgan fingerprint density at radius 1 is 1.09 bits per heavy atom. The van der Waals surface area contributed by atoms with E-state index < -0.39 is 0 Å². The Labute approximate surface area is 127 Å². The lowest BCUT2D eigenvalue weighted by Crippen LogP contribution is -2.26. The highest BCUT2D eigenvalue weighted by Gasteiger charge is 2.11.